The predicted octanol–water partition coefficient (Wildman–Crippen LogP) is 4.43. The molecule has 0 spiro atoms. The van der Waals surface area contributed by atoms with E-state index in [1.807, 2.05) is 36.4 Å². The Morgan fingerprint density at radius 3 is 2.07 bits per heavy atom. The first-order valence-electron chi connectivity index (χ1n) is 8.77. The fourth-order valence-corrected chi connectivity index (χ4v) is 2.67. The third-order valence-electron chi connectivity index (χ3n) is 4.01. The monoisotopic (exact) mass is 390 g/mol. The molecule has 0 saturated carbocycles. The fraction of sp³-hybridized carbons (Fsp3) is 0.0435. The molecule has 0 saturated heterocycles. The molecule has 0 unspecified atom stereocenters. The summed E-state index contributed by atoms with van der Waals surface area (Å²) in [5.74, 6) is -0.723. The van der Waals surface area contributed by atoms with Crippen molar-refractivity contribution in [3.8, 4) is 0 Å². The zero-order valence-corrected chi connectivity index (χ0v) is 15.8. The Kier molecular flexibility index (Phi) is 6.60. The third-order valence-corrected chi connectivity index (χ3v) is 4.26. The molecule has 3 aromatic rings. The number of hydrogen-bond acceptors (Lipinski definition) is 2. The average Bonchev–Trinajstić information content (AvgIpc) is 2.74. The summed E-state index contributed by atoms with van der Waals surface area (Å²) in [7, 11) is 0. The summed E-state index contributed by atoms with van der Waals surface area (Å²) in [6, 6.07) is 25.3. The molecule has 0 atom stereocenters. The van der Waals surface area contributed by atoms with Crippen LogP contribution in [-0.4, -0.2) is 11.8 Å². The Hall–Kier alpha value is -3.37. The number of nitrogens with one attached hydrogen (secondary N) is 2. The lowest BCUT2D eigenvalue weighted by molar-refractivity contribution is -0.117. The van der Waals surface area contributed by atoms with Crippen LogP contribution in [0.2, 0.25) is 5.02 Å². The van der Waals surface area contributed by atoms with Crippen molar-refractivity contribution in [3.63, 3.8) is 0 Å². The molecule has 2 N–H and O–H groups in total. The molecule has 28 heavy (non-hydrogen) atoms. The van der Waals surface area contributed by atoms with Crippen LogP contribution >= 0.6 is 11.6 Å². The summed E-state index contributed by atoms with van der Waals surface area (Å²) < 4.78 is 0. The second-order valence-electron chi connectivity index (χ2n) is 6.10. The number of carbonyl (C=O) groups is 2. The molecule has 0 fully saturated rings. The first-order valence-corrected chi connectivity index (χ1v) is 9.15. The molecule has 0 radical (unpaired) electrons. The molecule has 5 heteroatoms. The van der Waals surface area contributed by atoms with Crippen LogP contribution in [-0.2, 0) is 11.3 Å². The van der Waals surface area contributed by atoms with E-state index in [0.717, 1.165) is 11.1 Å². The van der Waals surface area contributed by atoms with E-state index in [9.17, 15) is 9.59 Å². The standard InChI is InChI=1S/C23H19ClN2O2/c24-20-13-11-17(12-14-20)15-21(26-22(27)19-9-5-2-6-10-19)23(28)25-16-18-7-3-1-4-8-18/h1-15H,16H2,(H,25,28)(H,26,27)/b21-15+. The lowest BCUT2D eigenvalue weighted by Crippen LogP contribution is -2.34. The van der Waals surface area contributed by atoms with Gasteiger partial charge in [0.2, 0.25) is 0 Å². The van der Waals surface area contributed by atoms with Gasteiger partial charge in [-0.3, -0.25) is 9.59 Å². The predicted molar refractivity (Wildman–Crippen MR) is 112 cm³/mol. The van der Waals surface area contributed by atoms with Crippen molar-refractivity contribution in [2.24, 2.45) is 0 Å². The smallest absolute Gasteiger partial charge is 0.268 e. The van der Waals surface area contributed by atoms with Gasteiger partial charge in [-0.1, -0.05) is 72.3 Å². The van der Waals surface area contributed by atoms with Crippen molar-refractivity contribution in [1.29, 1.82) is 0 Å². The van der Waals surface area contributed by atoms with Gasteiger partial charge in [-0.2, -0.15) is 0 Å². The van der Waals surface area contributed by atoms with E-state index in [1.165, 1.54) is 0 Å². The van der Waals surface area contributed by atoms with E-state index in [1.54, 1.807) is 54.6 Å². The SMILES string of the molecule is O=C(NCc1ccccc1)/C(=C\c1ccc(Cl)cc1)NC(=O)c1ccccc1. The van der Waals surface area contributed by atoms with E-state index < -0.39 is 0 Å². The fourth-order valence-electron chi connectivity index (χ4n) is 2.54. The molecule has 4 nitrogen and oxygen atoms in total. The second kappa shape index (κ2) is 9.53. The molecule has 3 rings (SSSR count). The minimum atomic E-state index is -0.372. The van der Waals surface area contributed by atoms with Crippen LogP contribution in [0.5, 0.6) is 0 Å². The van der Waals surface area contributed by atoms with E-state index in [2.05, 4.69) is 10.6 Å². The van der Waals surface area contributed by atoms with Crippen molar-refractivity contribution in [1.82, 2.24) is 10.6 Å². The second-order valence-corrected chi connectivity index (χ2v) is 6.53. The van der Waals surface area contributed by atoms with Crippen molar-refractivity contribution in [2.45, 2.75) is 6.54 Å². The first-order chi connectivity index (χ1) is 13.6. The highest BCUT2D eigenvalue weighted by Gasteiger charge is 2.14. The van der Waals surface area contributed by atoms with Gasteiger partial charge in [-0.25, -0.2) is 0 Å². The van der Waals surface area contributed by atoms with E-state index in [-0.39, 0.29) is 17.5 Å². The number of hydrogen-bond donors (Lipinski definition) is 2. The molecule has 0 heterocycles. The molecule has 2 amide bonds. The van der Waals surface area contributed by atoms with Crippen LogP contribution in [0, 0.1) is 0 Å². The van der Waals surface area contributed by atoms with Crippen LogP contribution in [0.3, 0.4) is 0 Å². The van der Waals surface area contributed by atoms with Crippen molar-refractivity contribution >= 4 is 29.5 Å². The van der Waals surface area contributed by atoms with Gasteiger partial charge in [-0.05, 0) is 41.5 Å². The van der Waals surface area contributed by atoms with Gasteiger partial charge in [-0.15, -0.1) is 0 Å². The van der Waals surface area contributed by atoms with E-state index in [4.69, 9.17) is 11.6 Å². The summed E-state index contributed by atoms with van der Waals surface area (Å²) >= 11 is 5.92. The highest BCUT2D eigenvalue weighted by atomic mass is 35.5. The van der Waals surface area contributed by atoms with Gasteiger partial charge in [0.05, 0.1) is 0 Å². The minimum Gasteiger partial charge on any atom is -0.347 e. The highest BCUT2D eigenvalue weighted by molar-refractivity contribution is 6.30. The summed E-state index contributed by atoms with van der Waals surface area (Å²) in [5.41, 5.74) is 2.35. The number of rotatable bonds is 6. The van der Waals surface area contributed by atoms with Crippen LogP contribution in [0.25, 0.3) is 6.08 Å². The van der Waals surface area contributed by atoms with Gasteiger partial charge in [0.25, 0.3) is 11.8 Å². The van der Waals surface area contributed by atoms with Crippen molar-refractivity contribution in [3.05, 3.63) is 112 Å². The van der Waals surface area contributed by atoms with Crippen LogP contribution in [0.4, 0.5) is 0 Å². The van der Waals surface area contributed by atoms with Gasteiger partial charge < -0.3 is 10.6 Å². The topological polar surface area (TPSA) is 58.2 Å². The lowest BCUT2D eigenvalue weighted by atomic mass is 10.1. The first kappa shape index (κ1) is 19.4. The van der Waals surface area contributed by atoms with E-state index in [0.29, 0.717) is 17.1 Å². The normalized spacial score (nSPS) is 11.0. The molecule has 3 aromatic carbocycles. The molecule has 0 aromatic heterocycles. The van der Waals surface area contributed by atoms with Gasteiger partial charge in [0.15, 0.2) is 0 Å². The summed E-state index contributed by atoms with van der Waals surface area (Å²) in [4.78, 5) is 25.3. The number of carbonyl (C=O) groups excluding carboxylic acids is 2. The quantitative estimate of drug-likeness (QED) is 0.612. The zero-order valence-electron chi connectivity index (χ0n) is 15.1. The average molecular weight is 391 g/mol. The van der Waals surface area contributed by atoms with Gasteiger partial charge >= 0.3 is 0 Å². The Bertz CT molecular complexity index is 969. The Morgan fingerprint density at radius 1 is 0.821 bits per heavy atom. The molecular formula is C23H19ClN2O2. The largest absolute Gasteiger partial charge is 0.347 e. The molecule has 0 aliphatic heterocycles. The maximum Gasteiger partial charge on any atom is 0.268 e. The van der Waals surface area contributed by atoms with Crippen LogP contribution in [0.15, 0.2) is 90.6 Å². The van der Waals surface area contributed by atoms with E-state index >= 15 is 0 Å². The lowest BCUT2D eigenvalue weighted by Gasteiger charge is -2.11. The highest BCUT2D eigenvalue weighted by Crippen LogP contribution is 2.13. The molecular weight excluding hydrogens is 372 g/mol. The Labute approximate surface area is 168 Å². The van der Waals surface area contributed by atoms with Gasteiger partial charge in [0, 0.05) is 17.1 Å². The summed E-state index contributed by atoms with van der Waals surface area (Å²) in [6.45, 7) is 0.360. The maximum atomic E-state index is 12.7. The molecule has 0 aliphatic carbocycles. The van der Waals surface area contributed by atoms with Crippen LogP contribution < -0.4 is 10.6 Å². The third kappa shape index (κ3) is 5.56. The number of amides is 2. The molecule has 140 valence electrons. The van der Waals surface area contributed by atoms with Crippen molar-refractivity contribution in [2.75, 3.05) is 0 Å². The summed E-state index contributed by atoms with van der Waals surface area (Å²) in [5, 5.41) is 6.15. The zero-order chi connectivity index (χ0) is 19.8. The van der Waals surface area contributed by atoms with Crippen LogP contribution in [0.1, 0.15) is 21.5 Å². The van der Waals surface area contributed by atoms with Gasteiger partial charge in [0.1, 0.15) is 5.70 Å². The molecule has 0 aliphatic rings. The Balaban J connectivity index is 1.80. The molecule has 0 bridgehead atoms. The maximum absolute atomic E-state index is 12.7. The van der Waals surface area contributed by atoms with Crippen molar-refractivity contribution < 1.29 is 9.59 Å². The Morgan fingerprint density at radius 2 is 1.43 bits per heavy atom. The summed E-state index contributed by atoms with van der Waals surface area (Å²) in [6.07, 6.45) is 1.62. The minimum absolute atomic E-state index is 0.159. The number of halogens is 1. The number of benzene rings is 3.